The van der Waals surface area contributed by atoms with Gasteiger partial charge in [-0.1, -0.05) is 30.7 Å². The molecule has 1 aromatic carbocycles. The first-order valence-corrected chi connectivity index (χ1v) is 5.82. The first-order valence-electron chi connectivity index (χ1n) is 5.82. The Bertz CT molecular complexity index is 333. The lowest BCUT2D eigenvalue weighted by atomic mass is 9.94. The average molecular weight is 204 g/mol. The van der Waals surface area contributed by atoms with Gasteiger partial charge in [0.25, 0.3) is 0 Å². The molecule has 1 aliphatic rings. The summed E-state index contributed by atoms with van der Waals surface area (Å²) in [5, 5.41) is 6.97. The van der Waals surface area contributed by atoms with Gasteiger partial charge in [-0.2, -0.15) is 0 Å². The van der Waals surface area contributed by atoms with Crippen molar-refractivity contribution >= 4 is 0 Å². The van der Waals surface area contributed by atoms with Crippen molar-refractivity contribution < 1.29 is 0 Å². The van der Waals surface area contributed by atoms with Gasteiger partial charge in [-0.15, -0.1) is 0 Å². The van der Waals surface area contributed by atoms with Crippen molar-refractivity contribution in [3.8, 4) is 0 Å². The summed E-state index contributed by atoms with van der Waals surface area (Å²) in [6.07, 6.45) is 1.16. The predicted octanol–water partition coefficient (Wildman–Crippen LogP) is 1.62. The highest BCUT2D eigenvalue weighted by molar-refractivity contribution is 5.33. The lowest BCUT2D eigenvalue weighted by molar-refractivity contribution is 0.453. The van der Waals surface area contributed by atoms with Gasteiger partial charge in [0.05, 0.1) is 0 Å². The molecule has 2 heteroatoms. The second-order valence-corrected chi connectivity index (χ2v) is 4.36. The van der Waals surface area contributed by atoms with E-state index in [0.29, 0.717) is 6.04 Å². The third kappa shape index (κ3) is 2.58. The molecule has 1 heterocycles. The molecule has 0 amide bonds. The number of aryl methyl sites for hydroxylation is 1. The van der Waals surface area contributed by atoms with E-state index < -0.39 is 0 Å². The lowest BCUT2D eigenvalue weighted by Crippen LogP contribution is -2.42. The zero-order valence-electron chi connectivity index (χ0n) is 9.64. The maximum Gasteiger partial charge on any atom is 0.0236 e. The molecule has 0 spiro atoms. The molecule has 2 nitrogen and oxygen atoms in total. The third-order valence-corrected chi connectivity index (χ3v) is 3.05. The molecule has 82 valence electrons. The number of hydrogen-bond acceptors (Lipinski definition) is 2. The van der Waals surface area contributed by atoms with Crippen molar-refractivity contribution in [3.05, 3.63) is 34.9 Å². The Balaban J connectivity index is 2.03. The maximum atomic E-state index is 3.57. The fourth-order valence-electron chi connectivity index (χ4n) is 2.17. The second kappa shape index (κ2) is 4.77. The van der Waals surface area contributed by atoms with Crippen LogP contribution >= 0.6 is 0 Å². The van der Waals surface area contributed by atoms with Gasteiger partial charge < -0.3 is 10.6 Å². The highest BCUT2D eigenvalue weighted by Gasteiger charge is 2.16. The van der Waals surface area contributed by atoms with E-state index >= 15 is 0 Å². The Hall–Kier alpha value is -0.860. The van der Waals surface area contributed by atoms with Crippen molar-refractivity contribution in [2.24, 2.45) is 0 Å². The molecule has 0 fully saturated rings. The third-order valence-electron chi connectivity index (χ3n) is 3.05. The van der Waals surface area contributed by atoms with Gasteiger partial charge in [-0.25, -0.2) is 0 Å². The highest BCUT2D eigenvalue weighted by atomic mass is 15.0. The SMILES string of the molecule is CCNCC1Cc2ccc(C)cc2CN1. The molecule has 0 saturated heterocycles. The Morgan fingerprint density at radius 3 is 3.07 bits per heavy atom. The number of likely N-dealkylation sites (N-methyl/N-ethyl adjacent to an activating group) is 1. The van der Waals surface area contributed by atoms with Gasteiger partial charge in [0.15, 0.2) is 0 Å². The van der Waals surface area contributed by atoms with E-state index in [-0.39, 0.29) is 0 Å². The maximum absolute atomic E-state index is 3.57. The largest absolute Gasteiger partial charge is 0.315 e. The van der Waals surface area contributed by atoms with E-state index in [2.05, 4.69) is 42.7 Å². The number of fused-ring (bicyclic) bond motifs is 1. The fraction of sp³-hybridized carbons (Fsp3) is 0.538. The Morgan fingerprint density at radius 1 is 1.40 bits per heavy atom. The van der Waals surface area contributed by atoms with Crippen LogP contribution in [0.3, 0.4) is 0 Å². The van der Waals surface area contributed by atoms with Crippen LogP contribution in [0, 0.1) is 6.92 Å². The number of hydrogen-bond donors (Lipinski definition) is 2. The summed E-state index contributed by atoms with van der Waals surface area (Å²) in [6, 6.07) is 7.39. The molecule has 0 saturated carbocycles. The minimum absolute atomic E-state index is 0.597. The van der Waals surface area contributed by atoms with E-state index in [1.165, 1.54) is 16.7 Å². The van der Waals surface area contributed by atoms with E-state index in [1.807, 2.05) is 0 Å². The minimum atomic E-state index is 0.597. The molecule has 1 unspecified atom stereocenters. The first kappa shape index (κ1) is 10.7. The summed E-state index contributed by atoms with van der Waals surface area (Å²) >= 11 is 0. The van der Waals surface area contributed by atoms with Gasteiger partial charge in [0.1, 0.15) is 0 Å². The van der Waals surface area contributed by atoms with Crippen LogP contribution in [-0.2, 0) is 13.0 Å². The van der Waals surface area contributed by atoms with E-state index in [4.69, 9.17) is 0 Å². The summed E-state index contributed by atoms with van der Waals surface area (Å²) in [7, 11) is 0. The average Bonchev–Trinajstić information content (AvgIpc) is 2.26. The van der Waals surface area contributed by atoms with Crippen LogP contribution in [0.15, 0.2) is 18.2 Å². The fourth-order valence-corrected chi connectivity index (χ4v) is 2.17. The van der Waals surface area contributed by atoms with Crippen LogP contribution in [0.1, 0.15) is 23.6 Å². The normalized spacial score (nSPS) is 20.0. The van der Waals surface area contributed by atoms with E-state index in [0.717, 1.165) is 26.1 Å². The molecule has 15 heavy (non-hydrogen) atoms. The number of benzene rings is 1. The molecule has 0 aliphatic carbocycles. The van der Waals surface area contributed by atoms with Crippen LogP contribution in [0.4, 0.5) is 0 Å². The Kier molecular flexibility index (Phi) is 3.39. The van der Waals surface area contributed by atoms with Gasteiger partial charge in [-0.05, 0) is 31.0 Å². The molecule has 2 N–H and O–H groups in total. The topological polar surface area (TPSA) is 24.1 Å². The smallest absolute Gasteiger partial charge is 0.0236 e. The van der Waals surface area contributed by atoms with Gasteiger partial charge in [0, 0.05) is 19.1 Å². The second-order valence-electron chi connectivity index (χ2n) is 4.36. The summed E-state index contributed by atoms with van der Waals surface area (Å²) in [5.41, 5.74) is 4.35. The van der Waals surface area contributed by atoms with Crippen molar-refractivity contribution in [3.63, 3.8) is 0 Å². The number of nitrogens with one attached hydrogen (secondary N) is 2. The molecule has 0 radical (unpaired) electrons. The van der Waals surface area contributed by atoms with Crippen molar-refractivity contribution in [1.82, 2.24) is 10.6 Å². The van der Waals surface area contributed by atoms with Crippen LogP contribution in [-0.4, -0.2) is 19.1 Å². The van der Waals surface area contributed by atoms with Crippen molar-refractivity contribution in [1.29, 1.82) is 0 Å². The highest BCUT2D eigenvalue weighted by Crippen LogP contribution is 2.17. The minimum Gasteiger partial charge on any atom is -0.315 e. The van der Waals surface area contributed by atoms with Crippen LogP contribution in [0.25, 0.3) is 0 Å². The quantitative estimate of drug-likeness (QED) is 0.782. The summed E-state index contributed by atoms with van der Waals surface area (Å²) in [4.78, 5) is 0. The van der Waals surface area contributed by atoms with Crippen molar-refractivity contribution in [2.45, 2.75) is 32.9 Å². The zero-order valence-corrected chi connectivity index (χ0v) is 9.64. The van der Waals surface area contributed by atoms with Crippen molar-refractivity contribution in [2.75, 3.05) is 13.1 Å². The summed E-state index contributed by atoms with van der Waals surface area (Å²) in [6.45, 7) is 7.46. The number of rotatable bonds is 3. The Morgan fingerprint density at radius 2 is 2.27 bits per heavy atom. The molecule has 0 aromatic heterocycles. The first-order chi connectivity index (χ1) is 7.29. The molecule has 0 bridgehead atoms. The van der Waals surface area contributed by atoms with Crippen LogP contribution in [0.5, 0.6) is 0 Å². The van der Waals surface area contributed by atoms with Gasteiger partial charge in [-0.3, -0.25) is 0 Å². The molecule has 1 aliphatic heterocycles. The lowest BCUT2D eigenvalue weighted by Gasteiger charge is -2.26. The monoisotopic (exact) mass is 204 g/mol. The Labute approximate surface area is 92.1 Å². The summed E-state index contributed by atoms with van der Waals surface area (Å²) < 4.78 is 0. The molecule has 1 atom stereocenters. The molecular formula is C13H20N2. The van der Waals surface area contributed by atoms with Gasteiger partial charge >= 0.3 is 0 Å². The van der Waals surface area contributed by atoms with E-state index in [9.17, 15) is 0 Å². The van der Waals surface area contributed by atoms with Gasteiger partial charge in [0.2, 0.25) is 0 Å². The zero-order chi connectivity index (χ0) is 10.7. The standard InChI is InChI=1S/C13H20N2/c1-3-14-9-13-7-11-5-4-10(2)6-12(11)8-15-13/h4-6,13-15H,3,7-9H2,1-2H3. The predicted molar refractivity (Wildman–Crippen MR) is 64.1 cm³/mol. The van der Waals surface area contributed by atoms with Crippen LogP contribution in [0.2, 0.25) is 0 Å². The summed E-state index contributed by atoms with van der Waals surface area (Å²) in [5.74, 6) is 0. The molecular weight excluding hydrogens is 184 g/mol. The van der Waals surface area contributed by atoms with E-state index in [1.54, 1.807) is 0 Å². The molecule has 1 aromatic rings. The van der Waals surface area contributed by atoms with Crippen LogP contribution < -0.4 is 10.6 Å². The molecule has 2 rings (SSSR count).